The molecule has 0 spiro atoms. The lowest BCUT2D eigenvalue weighted by atomic mass is 9.85. The second kappa shape index (κ2) is 4.72. The third-order valence-electron chi connectivity index (χ3n) is 4.85. The lowest BCUT2D eigenvalue weighted by Gasteiger charge is -2.34. The highest BCUT2D eigenvalue weighted by Gasteiger charge is 2.50. The quantitative estimate of drug-likeness (QED) is 0.679. The molecule has 0 saturated heterocycles. The van der Waals surface area contributed by atoms with E-state index in [9.17, 15) is 14.9 Å². The van der Waals surface area contributed by atoms with Crippen molar-refractivity contribution in [1.82, 2.24) is 0 Å². The zero-order valence-corrected chi connectivity index (χ0v) is 11.7. The minimum absolute atomic E-state index is 0.00218. The highest BCUT2D eigenvalue weighted by molar-refractivity contribution is 5.88. The highest BCUT2D eigenvalue weighted by atomic mass is 16.6. The van der Waals surface area contributed by atoms with E-state index in [2.05, 4.69) is 0 Å². The Morgan fingerprint density at radius 1 is 1.48 bits per heavy atom. The molecule has 0 amide bonds. The van der Waals surface area contributed by atoms with Gasteiger partial charge in [0, 0.05) is 12.1 Å². The molecule has 2 aliphatic rings. The van der Waals surface area contributed by atoms with E-state index in [4.69, 9.17) is 9.84 Å². The molecule has 1 aromatic carbocycles. The fraction of sp³-hybridized carbons (Fsp3) is 0.533. The van der Waals surface area contributed by atoms with Crippen LogP contribution in [-0.2, 0) is 0 Å². The molecule has 112 valence electrons. The number of carbonyl (C=O) groups is 1. The summed E-state index contributed by atoms with van der Waals surface area (Å²) in [5, 5.41) is 20.2. The van der Waals surface area contributed by atoms with Crippen LogP contribution in [0.15, 0.2) is 18.2 Å². The van der Waals surface area contributed by atoms with Crippen LogP contribution in [0.25, 0.3) is 0 Å². The van der Waals surface area contributed by atoms with E-state index >= 15 is 0 Å². The Labute approximate surface area is 121 Å². The van der Waals surface area contributed by atoms with Gasteiger partial charge < -0.3 is 9.84 Å². The molecule has 21 heavy (non-hydrogen) atoms. The monoisotopic (exact) mass is 291 g/mol. The van der Waals surface area contributed by atoms with E-state index < -0.39 is 16.5 Å². The number of nitro benzene ring substituents is 1. The first-order valence-corrected chi connectivity index (χ1v) is 7.10. The Morgan fingerprint density at radius 3 is 2.76 bits per heavy atom. The number of hydrogen-bond acceptors (Lipinski definition) is 4. The van der Waals surface area contributed by atoms with E-state index in [0.717, 1.165) is 19.3 Å². The number of nitrogens with zero attached hydrogens (tertiary/aromatic N) is 1. The van der Waals surface area contributed by atoms with Crippen molar-refractivity contribution in [3.8, 4) is 5.75 Å². The Kier molecular flexibility index (Phi) is 3.11. The van der Waals surface area contributed by atoms with Gasteiger partial charge in [-0.25, -0.2) is 4.79 Å². The Balaban J connectivity index is 1.95. The van der Waals surface area contributed by atoms with Gasteiger partial charge >= 0.3 is 11.7 Å². The van der Waals surface area contributed by atoms with Gasteiger partial charge in [0.25, 0.3) is 0 Å². The molecule has 2 fully saturated rings. The maximum absolute atomic E-state index is 11.1. The van der Waals surface area contributed by atoms with E-state index in [0.29, 0.717) is 11.8 Å². The number of carboxylic acids is 1. The zero-order chi connectivity index (χ0) is 15.2. The summed E-state index contributed by atoms with van der Waals surface area (Å²) in [6, 6.07) is 3.70. The molecule has 2 bridgehead atoms. The minimum atomic E-state index is -1.12. The summed E-state index contributed by atoms with van der Waals surface area (Å²) in [4.78, 5) is 21.6. The van der Waals surface area contributed by atoms with Crippen molar-refractivity contribution in [2.24, 2.45) is 11.8 Å². The first kappa shape index (κ1) is 13.9. The summed E-state index contributed by atoms with van der Waals surface area (Å²) in [5.41, 5.74) is -0.600. The zero-order valence-electron chi connectivity index (χ0n) is 11.7. The van der Waals surface area contributed by atoms with E-state index in [1.54, 1.807) is 0 Å². The normalized spacial score (nSPS) is 30.3. The van der Waals surface area contributed by atoms with Gasteiger partial charge in [-0.1, -0.05) is 0 Å². The van der Waals surface area contributed by atoms with Crippen molar-refractivity contribution in [3.05, 3.63) is 33.9 Å². The van der Waals surface area contributed by atoms with Crippen LogP contribution in [-0.4, -0.2) is 21.6 Å². The first-order chi connectivity index (χ1) is 9.89. The Hall–Kier alpha value is -2.11. The van der Waals surface area contributed by atoms with E-state index in [1.807, 2.05) is 6.92 Å². The lowest BCUT2D eigenvalue weighted by Crippen LogP contribution is -2.38. The molecule has 0 aliphatic heterocycles. The van der Waals surface area contributed by atoms with E-state index in [1.165, 1.54) is 24.6 Å². The summed E-state index contributed by atoms with van der Waals surface area (Å²) < 4.78 is 5.98. The van der Waals surface area contributed by atoms with Crippen molar-refractivity contribution >= 4 is 11.7 Å². The number of benzene rings is 1. The highest BCUT2D eigenvalue weighted by Crippen LogP contribution is 2.53. The molecule has 3 atom stereocenters. The Morgan fingerprint density at radius 2 is 2.24 bits per heavy atom. The number of ether oxygens (including phenoxy) is 1. The number of rotatable bonds is 4. The third kappa shape index (κ3) is 2.34. The molecule has 2 aliphatic carbocycles. The van der Waals surface area contributed by atoms with Crippen molar-refractivity contribution in [2.75, 3.05) is 0 Å². The minimum Gasteiger partial charge on any atom is -0.480 e. The van der Waals surface area contributed by atoms with Crippen molar-refractivity contribution < 1.29 is 19.6 Å². The largest absolute Gasteiger partial charge is 0.480 e. The number of hydrogen-bond donors (Lipinski definition) is 1. The summed E-state index contributed by atoms with van der Waals surface area (Å²) in [7, 11) is 0. The summed E-state index contributed by atoms with van der Waals surface area (Å²) >= 11 is 0. The molecule has 0 heterocycles. The molecule has 3 rings (SSSR count). The fourth-order valence-corrected chi connectivity index (χ4v) is 3.81. The van der Waals surface area contributed by atoms with Gasteiger partial charge in [-0.15, -0.1) is 0 Å². The van der Waals surface area contributed by atoms with Crippen LogP contribution in [0.4, 0.5) is 5.69 Å². The van der Waals surface area contributed by atoms with E-state index in [-0.39, 0.29) is 17.0 Å². The average molecular weight is 291 g/mol. The molecule has 3 unspecified atom stereocenters. The first-order valence-electron chi connectivity index (χ1n) is 7.10. The summed E-state index contributed by atoms with van der Waals surface area (Å²) in [6.45, 7) is 1.98. The maximum Gasteiger partial charge on any atom is 0.335 e. The van der Waals surface area contributed by atoms with Crippen molar-refractivity contribution in [2.45, 2.75) is 38.2 Å². The van der Waals surface area contributed by atoms with Crippen molar-refractivity contribution in [1.29, 1.82) is 0 Å². The molecule has 0 aromatic heterocycles. The van der Waals surface area contributed by atoms with Crippen LogP contribution in [0, 0.1) is 22.0 Å². The maximum atomic E-state index is 11.1. The molecular formula is C15H17NO5. The number of fused-ring (bicyclic) bond motifs is 2. The van der Waals surface area contributed by atoms with Crippen LogP contribution in [0.3, 0.4) is 0 Å². The smallest absolute Gasteiger partial charge is 0.335 e. The second-order valence-corrected chi connectivity index (χ2v) is 6.24. The van der Waals surface area contributed by atoms with Crippen LogP contribution in [0.5, 0.6) is 5.75 Å². The standard InChI is InChI=1S/C15H17NO5/c1-15(8-9-2-4-11(15)6-9)21-13-7-10(14(17)18)3-5-12(13)16(19)20/h3,5,7,9,11H,2,4,6,8H2,1H3,(H,17,18). The van der Waals surface area contributed by atoms with Crippen LogP contribution in [0.1, 0.15) is 43.0 Å². The predicted octanol–water partition coefficient (Wildman–Crippen LogP) is 3.25. The van der Waals surface area contributed by atoms with Crippen molar-refractivity contribution in [3.63, 3.8) is 0 Å². The van der Waals surface area contributed by atoms with Gasteiger partial charge in [0.15, 0.2) is 5.75 Å². The lowest BCUT2D eigenvalue weighted by molar-refractivity contribution is -0.386. The third-order valence-corrected chi connectivity index (χ3v) is 4.85. The predicted molar refractivity (Wildman–Crippen MR) is 74.5 cm³/mol. The number of nitro groups is 1. The van der Waals surface area contributed by atoms with Gasteiger partial charge in [-0.3, -0.25) is 10.1 Å². The molecular weight excluding hydrogens is 274 g/mol. The molecule has 1 N–H and O–H groups in total. The van der Waals surface area contributed by atoms with Crippen LogP contribution < -0.4 is 4.74 Å². The molecule has 2 saturated carbocycles. The van der Waals surface area contributed by atoms with Gasteiger partial charge in [-0.05, 0) is 50.5 Å². The number of carboxylic acid groups (broad SMARTS) is 1. The fourth-order valence-electron chi connectivity index (χ4n) is 3.81. The average Bonchev–Trinajstić information content (AvgIpc) is 2.97. The molecule has 6 nitrogen and oxygen atoms in total. The van der Waals surface area contributed by atoms with Crippen LogP contribution >= 0.6 is 0 Å². The van der Waals surface area contributed by atoms with Gasteiger partial charge in [0.1, 0.15) is 5.60 Å². The SMILES string of the molecule is CC1(Oc2cc(C(=O)O)ccc2[N+](=O)[O-])CC2CCC1C2. The van der Waals surface area contributed by atoms with Gasteiger partial charge in [0.05, 0.1) is 10.5 Å². The molecule has 6 heteroatoms. The molecule has 1 aromatic rings. The number of aromatic carboxylic acids is 1. The topological polar surface area (TPSA) is 89.7 Å². The van der Waals surface area contributed by atoms with Crippen LogP contribution in [0.2, 0.25) is 0 Å². The second-order valence-electron chi connectivity index (χ2n) is 6.24. The molecule has 0 radical (unpaired) electrons. The van der Waals surface area contributed by atoms with Gasteiger partial charge in [-0.2, -0.15) is 0 Å². The Bertz CT molecular complexity index is 614. The summed E-state index contributed by atoms with van der Waals surface area (Å²) in [5.74, 6) is -0.0277. The van der Waals surface area contributed by atoms with Gasteiger partial charge in [0.2, 0.25) is 0 Å². The summed E-state index contributed by atoms with van der Waals surface area (Å²) in [6.07, 6.45) is 4.25.